The average molecular weight is 230 g/mol. The normalized spacial score (nSPS) is 10.6. The molecule has 2 aromatic heterocycles. The van der Waals surface area contributed by atoms with E-state index in [-0.39, 0.29) is 0 Å². The second-order valence-electron chi connectivity index (χ2n) is 2.69. The number of thiazole rings is 1. The molecule has 2 aromatic rings. The van der Waals surface area contributed by atoms with E-state index >= 15 is 0 Å². The molecule has 0 aliphatic heterocycles. The maximum absolute atomic E-state index is 5.69. The van der Waals surface area contributed by atoms with Crippen LogP contribution in [0.4, 0.5) is 0 Å². The van der Waals surface area contributed by atoms with Crippen LogP contribution in [0.15, 0.2) is 16.8 Å². The van der Waals surface area contributed by atoms with Crippen LogP contribution in [0.5, 0.6) is 0 Å². The van der Waals surface area contributed by atoms with E-state index in [2.05, 4.69) is 28.7 Å². The summed E-state index contributed by atoms with van der Waals surface area (Å²) >= 11 is 9.04. The molecule has 0 saturated carbocycles. The maximum atomic E-state index is 5.69. The predicted molar refractivity (Wildman–Crippen MR) is 59.7 cm³/mol. The second kappa shape index (κ2) is 3.78. The fraction of sp³-hybridized carbons (Fsp3) is 0.222. The van der Waals surface area contributed by atoms with Crippen molar-refractivity contribution in [2.45, 2.75) is 12.8 Å². The zero-order chi connectivity index (χ0) is 9.26. The van der Waals surface area contributed by atoms with Crippen LogP contribution < -0.4 is 0 Å². The van der Waals surface area contributed by atoms with Gasteiger partial charge in [0.2, 0.25) is 0 Å². The van der Waals surface area contributed by atoms with Crippen molar-refractivity contribution in [2.75, 3.05) is 0 Å². The molecule has 13 heavy (non-hydrogen) atoms. The van der Waals surface area contributed by atoms with E-state index < -0.39 is 0 Å². The molecule has 0 atom stereocenters. The Labute approximate surface area is 90.0 Å². The Morgan fingerprint density at radius 1 is 1.46 bits per heavy atom. The molecule has 1 nitrogen and oxygen atoms in total. The number of aryl methyl sites for hydroxylation is 1. The van der Waals surface area contributed by atoms with Crippen LogP contribution in [0.3, 0.4) is 0 Å². The first-order valence-electron chi connectivity index (χ1n) is 3.86. The van der Waals surface area contributed by atoms with Gasteiger partial charge in [-0.3, -0.25) is 0 Å². The van der Waals surface area contributed by atoms with Gasteiger partial charge in [0.15, 0.2) is 0 Å². The molecule has 0 N–H and O–H groups in total. The van der Waals surface area contributed by atoms with Gasteiger partial charge in [-0.1, -0.05) is 0 Å². The Morgan fingerprint density at radius 2 is 2.31 bits per heavy atom. The summed E-state index contributed by atoms with van der Waals surface area (Å²) in [7, 11) is 0. The maximum Gasteiger partial charge on any atom is 0.108 e. The highest BCUT2D eigenvalue weighted by molar-refractivity contribution is 7.14. The second-order valence-corrected chi connectivity index (χ2v) is 4.82. The van der Waals surface area contributed by atoms with Crippen molar-refractivity contribution >= 4 is 34.3 Å². The highest BCUT2D eigenvalue weighted by atomic mass is 35.5. The average Bonchev–Trinajstić information content (AvgIpc) is 2.71. The third-order valence-electron chi connectivity index (χ3n) is 1.76. The number of alkyl halides is 1. The molecule has 0 aliphatic carbocycles. The number of hydrogen-bond acceptors (Lipinski definition) is 3. The monoisotopic (exact) mass is 229 g/mol. The molecule has 4 heteroatoms. The number of rotatable bonds is 2. The lowest BCUT2D eigenvalue weighted by Crippen LogP contribution is -1.77. The molecule has 0 aliphatic rings. The molecule has 0 fully saturated rings. The van der Waals surface area contributed by atoms with E-state index in [1.807, 2.05) is 0 Å². The van der Waals surface area contributed by atoms with Crippen molar-refractivity contribution in [2.24, 2.45) is 0 Å². The van der Waals surface area contributed by atoms with Crippen molar-refractivity contribution in [1.29, 1.82) is 0 Å². The Morgan fingerprint density at radius 3 is 2.85 bits per heavy atom. The van der Waals surface area contributed by atoms with E-state index in [1.165, 1.54) is 10.4 Å². The predicted octanol–water partition coefficient (Wildman–Crippen LogP) is 3.92. The Balaban J connectivity index is 2.41. The molecule has 2 heterocycles. The molecule has 68 valence electrons. The van der Waals surface area contributed by atoms with Crippen LogP contribution in [0.2, 0.25) is 0 Å². The zero-order valence-corrected chi connectivity index (χ0v) is 9.47. The van der Waals surface area contributed by atoms with Crippen LogP contribution in [0.25, 0.3) is 10.6 Å². The van der Waals surface area contributed by atoms with Crippen molar-refractivity contribution in [3.63, 3.8) is 0 Å². The summed E-state index contributed by atoms with van der Waals surface area (Å²) in [4.78, 5) is 5.69. The van der Waals surface area contributed by atoms with Crippen LogP contribution in [-0.4, -0.2) is 4.98 Å². The molecule has 0 amide bonds. The topological polar surface area (TPSA) is 12.9 Å². The van der Waals surface area contributed by atoms with Gasteiger partial charge in [-0.2, -0.15) is 0 Å². The van der Waals surface area contributed by atoms with Gasteiger partial charge >= 0.3 is 0 Å². The molecular formula is C9H8ClNS2. The Kier molecular flexibility index (Phi) is 2.67. The molecule has 0 aromatic carbocycles. The Hall–Kier alpha value is -0.380. The standard InChI is InChI=1S/C9H8ClNS2/c1-6-2-3-12-9(6)7-5-13-8(4-10)11-7/h2-3,5H,4H2,1H3. The van der Waals surface area contributed by atoms with Crippen molar-refractivity contribution in [1.82, 2.24) is 4.98 Å². The number of aromatic nitrogens is 1. The number of halogens is 1. The minimum atomic E-state index is 0.509. The van der Waals surface area contributed by atoms with Crippen molar-refractivity contribution in [3.8, 4) is 10.6 Å². The Bertz CT molecular complexity index is 405. The highest BCUT2D eigenvalue weighted by Crippen LogP contribution is 2.30. The molecular weight excluding hydrogens is 222 g/mol. The summed E-state index contributed by atoms with van der Waals surface area (Å²) in [6, 6.07) is 2.11. The van der Waals surface area contributed by atoms with Crippen LogP contribution in [-0.2, 0) is 5.88 Å². The van der Waals surface area contributed by atoms with E-state index in [0.29, 0.717) is 5.88 Å². The molecule has 0 spiro atoms. The van der Waals surface area contributed by atoms with Gasteiger partial charge in [0.05, 0.1) is 16.5 Å². The fourth-order valence-corrected chi connectivity index (χ4v) is 2.95. The molecule has 2 rings (SSSR count). The third kappa shape index (κ3) is 1.77. The van der Waals surface area contributed by atoms with Crippen LogP contribution in [0, 0.1) is 6.92 Å². The third-order valence-corrected chi connectivity index (χ3v) is 4.06. The number of nitrogens with zero attached hydrogens (tertiary/aromatic N) is 1. The summed E-state index contributed by atoms with van der Waals surface area (Å²) in [5, 5.41) is 5.14. The highest BCUT2D eigenvalue weighted by Gasteiger charge is 2.07. The first-order chi connectivity index (χ1) is 6.31. The SMILES string of the molecule is Cc1ccsc1-c1csc(CCl)n1. The summed E-state index contributed by atoms with van der Waals surface area (Å²) in [5.41, 5.74) is 2.35. The minimum Gasteiger partial charge on any atom is -0.239 e. The zero-order valence-electron chi connectivity index (χ0n) is 7.08. The van der Waals surface area contributed by atoms with E-state index in [0.717, 1.165) is 10.7 Å². The first-order valence-corrected chi connectivity index (χ1v) is 6.15. The van der Waals surface area contributed by atoms with Crippen LogP contribution in [0.1, 0.15) is 10.6 Å². The summed E-state index contributed by atoms with van der Waals surface area (Å²) < 4.78 is 0. The van der Waals surface area contributed by atoms with Gasteiger partial charge in [-0.05, 0) is 23.9 Å². The van der Waals surface area contributed by atoms with E-state index in [4.69, 9.17) is 11.6 Å². The van der Waals surface area contributed by atoms with Gasteiger partial charge in [-0.15, -0.1) is 34.3 Å². The molecule has 0 saturated heterocycles. The lowest BCUT2D eigenvalue weighted by Gasteiger charge is -1.91. The first kappa shape index (κ1) is 9.19. The van der Waals surface area contributed by atoms with Crippen LogP contribution >= 0.6 is 34.3 Å². The van der Waals surface area contributed by atoms with Gasteiger partial charge in [0.1, 0.15) is 5.01 Å². The van der Waals surface area contributed by atoms with E-state index in [9.17, 15) is 0 Å². The number of hydrogen-bond donors (Lipinski definition) is 0. The molecule has 0 bridgehead atoms. The lowest BCUT2D eigenvalue weighted by atomic mass is 10.2. The smallest absolute Gasteiger partial charge is 0.108 e. The fourth-order valence-electron chi connectivity index (χ4n) is 1.11. The summed E-state index contributed by atoms with van der Waals surface area (Å²) in [6.45, 7) is 2.10. The van der Waals surface area contributed by atoms with Gasteiger partial charge in [0.25, 0.3) is 0 Å². The van der Waals surface area contributed by atoms with Crippen molar-refractivity contribution in [3.05, 3.63) is 27.4 Å². The summed E-state index contributed by atoms with van der Waals surface area (Å²) in [5.74, 6) is 0.509. The quantitative estimate of drug-likeness (QED) is 0.712. The number of thiophene rings is 1. The largest absolute Gasteiger partial charge is 0.239 e. The van der Waals surface area contributed by atoms with Crippen molar-refractivity contribution < 1.29 is 0 Å². The molecule has 0 unspecified atom stereocenters. The van der Waals surface area contributed by atoms with Gasteiger partial charge in [-0.25, -0.2) is 4.98 Å². The summed E-state index contributed by atoms with van der Waals surface area (Å²) in [6.07, 6.45) is 0. The minimum absolute atomic E-state index is 0.509. The van der Waals surface area contributed by atoms with E-state index in [1.54, 1.807) is 22.7 Å². The van der Waals surface area contributed by atoms with Gasteiger partial charge < -0.3 is 0 Å². The lowest BCUT2D eigenvalue weighted by molar-refractivity contribution is 1.27. The molecule has 0 radical (unpaired) electrons. The van der Waals surface area contributed by atoms with Gasteiger partial charge in [0, 0.05) is 5.38 Å².